The van der Waals surface area contributed by atoms with Crippen LogP contribution in [0.25, 0.3) is 6.08 Å². The van der Waals surface area contributed by atoms with E-state index in [1.54, 1.807) is 0 Å². The van der Waals surface area contributed by atoms with Gasteiger partial charge in [-0.2, -0.15) is 0 Å². The molecule has 3 heteroatoms. The number of halogens is 1. The molecule has 1 N–H and O–H groups in total. The molecule has 3 rings (SSSR count). The predicted octanol–water partition coefficient (Wildman–Crippen LogP) is 4.49. The van der Waals surface area contributed by atoms with Crippen molar-refractivity contribution in [3.05, 3.63) is 53.5 Å². The van der Waals surface area contributed by atoms with Gasteiger partial charge in [0.1, 0.15) is 5.82 Å². The minimum atomic E-state index is -0.198. The number of nitrogens with one attached hydrogen (secondary N) is 1. The van der Waals surface area contributed by atoms with Gasteiger partial charge in [-0.25, -0.2) is 4.39 Å². The fourth-order valence-electron chi connectivity index (χ4n) is 3.26. The Morgan fingerprint density at radius 3 is 2.59 bits per heavy atom. The van der Waals surface area contributed by atoms with Crippen molar-refractivity contribution in [2.75, 3.05) is 0 Å². The van der Waals surface area contributed by atoms with Crippen molar-refractivity contribution in [2.24, 2.45) is 4.99 Å². The Hall–Kier alpha value is -1.74. The van der Waals surface area contributed by atoms with E-state index in [2.05, 4.69) is 29.4 Å². The number of aliphatic imine (C=N–C) groups is 1. The highest BCUT2D eigenvalue weighted by Gasteiger charge is 2.23. The van der Waals surface area contributed by atoms with Crippen LogP contribution in [-0.2, 0) is 0 Å². The molecule has 2 aliphatic rings. The van der Waals surface area contributed by atoms with Crippen molar-refractivity contribution in [3.63, 3.8) is 0 Å². The van der Waals surface area contributed by atoms with Gasteiger partial charge in [-0.15, -0.1) is 0 Å². The average Bonchev–Trinajstić information content (AvgIpc) is 2.54. The molecule has 1 atom stereocenters. The van der Waals surface area contributed by atoms with Gasteiger partial charge in [0.2, 0.25) is 0 Å². The molecule has 1 saturated carbocycles. The molecular weight excluding hydrogens is 275 g/mol. The maximum absolute atomic E-state index is 13.0. The molecule has 116 valence electrons. The fraction of sp³-hybridized carbons (Fsp3) is 0.421. The summed E-state index contributed by atoms with van der Waals surface area (Å²) in [5.41, 5.74) is 3.32. The second-order valence-electron chi connectivity index (χ2n) is 6.22. The summed E-state index contributed by atoms with van der Waals surface area (Å²) in [7, 11) is 0. The Morgan fingerprint density at radius 1 is 1.14 bits per heavy atom. The van der Waals surface area contributed by atoms with Crippen LogP contribution in [0.1, 0.15) is 44.6 Å². The van der Waals surface area contributed by atoms with E-state index in [1.807, 2.05) is 18.3 Å². The molecule has 0 spiro atoms. The zero-order valence-electron chi connectivity index (χ0n) is 13.1. The topological polar surface area (TPSA) is 24.4 Å². The third-order valence-corrected chi connectivity index (χ3v) is 4.51. The number of hydrogen-bond acceptors (Lipinski definition) is 2. The van der Waals surface area contributed by atoms with Gasteiger partial charge in [0.05, 0.1) is 6.04 Å². The lowest BCUT2D eigenvalue weighted by molar-refractivity contribution is 0.371. The Balaban J connectivity index is 1.79. The van der Waals surface area contributed by atoms with Crippen LogP contribution in [-0.4, -0.2) is 17.8 Å². The smallest absolute Gasteiger partial charge is 0.123 e. The number of benzene rings is 1. The molecule has 1 aliphatic carbocycles. The zero-order valence-corrected chi connectivity index (χ0v) is 13.1. The largest absolute Gasteiger partial charge is 0.302 e. The highest BCUT2D eigenvalue weighted by atomic mass is 19.1. The molecule has 0 aromatic heterocycles. The van der Waals surface area contributed by atoms with Crippen molar-refractivity contribution in [3.8, 4) is 0 Å². The maximum Gasteiger partial charge on any atom is 0.123 e. The Morgan fingerprint density at radius 2 is 1.86 bits per heavy atom. The lowest BCUT2D eigenvalue weighted by Gasteiger charge is -2.30. The molecule has 1 heterocycles. The summed E-state index contributed by atoms with van der Waals surface area (Å²) in [4.78, 5) is 4.46. The standard InChI is InChI=1S/C19H23FN2/c1-14-19(22-18-5-3-2-4-6-18)16(11-12-21-14)13-15-7-9-17(20)10-8-15/h7-13,18-19,22H,2-6H2,1H3. The second-order valence-corrected chi connectivity index (χ2v) is 6.22. The van der Waals surface area contributed by atoms with Crippen LogP contribution >= 0.6 is 0 Å². The molecule has 22 heavy (non-hydrogen) atoms. The van der Waals surface area contributed by atoms with Gasteiger partial charge in [0.15, 0.2) is 0 Å². The van der Waals surface area contributed by atoms with E-state index < -0.39 is 0 Å². The van der Waals surface area contributed by atoms with E-state index >= 15 is 0 Å². The van der Waals surface area contributed by atoms with E-state index in [1.165, 1.54) is 49.8 Å². The van der Waals surface area contributed by atoms with Crippen LogP contribution in [0.2, 0.25) is 0 Å². The highest BCUT2D eigenvalue weighted by Crippen LogP contribution is 2.22. The molecule has 0 radical (unpaired) electrons. The lowest BCUT2D eigenvalue weighted by atomic mass is 9.92. The second kappa shape index (κ2) is 7.01. The third kappa shape index (κ3) is 3.72. The summed E-state index contributed by atoms with van der Waals surface area (Å²) < 4.78 is 13.0. The average molecular weight is 298 g/mol. The Bertz CT molecular complexity index is 592. The summed E-state index contributed by atoms with van der Waals surface area (Å²) in [6.07, 6.45) is 12.5. The van der Waals surface area contributed by atoms with Crippen molar-refractivity contribution < 1.29 is 4.39 Å². The first-order valence-corrected chi connectivity index (χ1v) is 8.16. The summed E-state index contributed by atoms with van der Waals surface area (Å²) >= 11 is 0. The van der Waals surface area contributed by atoms with Crippen LogP contribution in [0.3, 0.4) is 0 Å². The first-order valence-electron chi connectivity index (χ1n) is 8.16. The maximum atomic E-state index is 13.0. The van der Waals surface area contributed by atoms with Gasteiger partial charge in [0.25, 0.3) is 0 Å². The fourth-order valence-corrected chi connectivity index (χ4v) is 3.26. The molecule has 1 aromatic rings. The van der Waals surface area contributed by atoms with Crippen LogP contribution in [0.15, 0.2) is 47.1 Å². The normalized spacial score (nSPS) is 24.5. The van der Waals surface area contributed by atoms with E-state index in [4.69, 9.17) is 0 Å². The first kappa shape index (κ1) is 15.2. The molecule has 1 unspecified atom stereocenters. The molecule has 0 saturated heterocycles. The van der Waals surface area contributed by atoms with Gasteiger partial charge in [0, 0.05) is 18.0 Å². The highest BCUT2D eigenvalue weighted by molar-refractivity contribution is 5.93. The Labute approximate surface area is 131 Å². The van der Waals surface area contributed by atoms with Crippen LogP contribution in [0.4, 0.5) is 4.39 Å². The number of hydrogen-bond donors (Lipinski definition) is 1. The SMILES string of the molecule is CC1=NC=CC(=Cc2ccc(F)cc2)C1NC1CCCCC1. The van der Waals surface area contributed by atoms with Gasteiger partial charge in [-0.05, 0) is 55.2 Å². The van der Waals surface area contributed by atoms with Gasteiger partial charge in [-0.1, -0.05) is 31.4 Å². The van der Waals surface area contributed by atoms with Crippen LogP contribution in [0, 0.1) is 5.82 Å². The van der Waals surface area contributed by atoms with Crippen molar-refractivity contribution in [1.29, 1.82) is 0 Å². The monoisotopic (exact) mass is 298 g/mol. The van der Waals surface area contributed by atoms with E-state index in [0.29, 0.717) is 6.04 Å². The predicted molar refractivity (Wildman–Crippen MR) is 90.4 cm³/mol. The van der Waals surface area contributed by atoms with Crippen molar-refractivity contribution in [1.82, 2.24) is 5.32 Å². The molecule has 1 aliphatic heterocycles. The minimum Gasteiger partial charge on any atom is -0.302 e. The van der Waals surface area contributed by atoms with Gasteiger partial charge < -0.3 is 5.32 Å². The van der Waals surface area contributed by atoms with Crippen LogP contribution in [0.5, 0.6) is 0 Å². The summed E-state index contributed by atoms with van der Waals surface area (Å²) in [6.45, 7) is 2.07. The molecular formula is C19H23FN2. The Kier molecular flexibility index (Phi) is 4.84. The van der Waals surface area contributed by atoms with E-state index in [-0.39, 0.29) is 11.9 Å². The lowest BCUT2D eigenvalue weighted by Crippen LogP contribution is -2.44. The third-order valence-electron chi connectivity index (χ3n) is 4.51. The molecule has 1 aromatic carbocycles. The van der Waals surface area contributed by atoms with Crippen molar-refractivity contribution >= 4 is 11.8 Å². The minimum absolute atomic E-state index is 0.165. The van der Waals surface area contributed by atoms with Gasteiger partial charge >= 0.3 is 0 Å². The van der Waals surface area contributed by atoms with E-state index in [0.717, 1.165) is 11.3 Å². The summed E-state index contributed by atoms with van der Waals surface area (Å²) in [5.74, 6) is -0.198. The summed E-state index contributed by atoms with van der Waals surface area (Å²) in [6, 6.07) is 7.38. The van der Waals surface area contributed by atoms with E-state index in [9.17, 15) is 4.39 Å². The van der Waals surface area contributed by atoms with Gasteiger partial charge in [-0.3, -0.25) is 4.99 Å². The van der Waals surface area contributed by atoms with Crippen molar-refractivity contribution in [2.45, 2.75) is 51.1 Å². The quantitative estimate of drug-likeness (QED) is 0.873. The molecule has 2 nitrogen and oxygen atoms in total. The molecule has 0 amide bonds. The summed E-state index contributed by atoms with van der Waals surface area (Å²) in [5, 5.41) is 3.76. The molecule has 0 bridgehead atoms. The zero-order chi connectivity index (χ0) is 15.4. The first-order chi connectivity index (χ1) is 10.7. The molecule has 1 fully saturated rings. The van der Waals surface area contributed by atoms with Crippen LogP contribution < -0.4 is 5.32 Å². The number of nitrogens with zero attached hydrogens (tertiary/aromatic N) is 1. The number of rotatable bonds is 3.